The number of anilines is 1. The molecule has 4 nitrogen and oxygen atoms in total. The molecule has 0 bridgehead atoms. The highest BCUT2D eigenvalue weighted by molar-refractivity contribution is 8.00. The van der Waals surface area contributed by atoms with Crippen LogP contribution in [0.15, 0.2) is 23.1 Å². The summed E-state index contributed by atoms with van der Waals surface area (Å²) in [5, 5.41) is -0.317. The maximum absolute atomic E-state index is 12.5. The van der Waals surface area contributed by atoms with Crippen LogP contribution >= 0.6 is 11.8 Å². The van der Waals surface area contributed by atoms with Crippen molar-refractivity contribution in [1.29, 1.82) is 0 Å². The first-order valence-electron chi connectivity index (χ1n) is 7.45. The van der Waals surface area contributed by atoms with Gasteiger partial charge in [-0.1, -0.05) is 18.9 Å². The molecule has 1 atom stereocenters. The van der Waals surface area contributed by atoms with Crippen LogP contribution in [-0.2, 0) is 9.59 Å². The van der Waals surface area contributed by atoms with Gasteiger partial charge in [0.1, 0.15) is 0 Å². The van der Waals surface area contributed by atoms with Crippen LogP contribution in [0.3, 0.4) is 0 Å². The number of carbonyl (C=O) groups is 2. The van der Waals surface area contributed by atoms with Crippen molar-refractivity contribution in [2.24, 2.45) is 0 Å². The summed E-state index contributed by atoms with van der Waals surface area (Å²) in [5.41, 5.74) is 7.78. The first-order valence-corrected chi connectivity index (χ1v) is 8.33. The third-order valence-corrected chi connectivity index (χ3v) is 5.54. The summed E-state index contributed by atoms with van der Waals surface area (Å²) >= 11 is 1.42. The summed E-state index contributed by atoms with van der Waals surface area (Å²) in [6.45, 7) is 1.98. The Kier molecular flexibility index (Phi) is 3.93. The van der Waals surface area contributed by atoms with Crippen molar-refractivity contribution in [3.8, 4) is 0 Å². The Morgan fingerprint density at radius 1 is 1.24 bits per heavy atom. The number of benzene rings is 1. The highest BCUT2D eigenvalue weighted by Crippen LogP contribution is 2.37. The van der Waals surface area contributed by atoms with E-state index in [-0.39, 0.29) is 23.1 Å². The average Bonchev–Trinajstić information content (AvgIpc) is 3.02. The van der Waals surface area contributed by atoms with E-state index >= 15 is 0 Å². The molecule has 1 heterocycles. The van der Waals surface area contributed by atoms with Gasteiger partial charge in [0.15, 0.2) is 0 Å². The number of nitrogen functional groups attached to an aromatic ring is 1. The lowest BCUT2D eigenvalue weighted by atomic mass is 10.2. The number of nitrogens with two attached hydrogens (primary N) is 1. The van der Waals surface area contributed by atoms with Gasteiger partial charge in [-0.25, -0.2) is 0 Å². The van der Waals surface area contributed by atoms with Crippen molar-refractivity contribution in [2.75, 3.05) is 5.73 Å². The lowest BCUT2D eigenvalue weighted by Gasteiger charge is -2.22. The summed E-state index contributed by atoms with van der Waals surface area (Å²) in [5.74, 6) is -0.0491. The predicted octanol–water partition coefficient (Wildman–Crippen LogP) is 2.74. The molecule has 0 radical (unpaired) electrons. The average molecular weight is 304 g/mol. The van der Waals surface area contributed by atoms with E-state index in [0.717, 1.165) is 36.1 Å². The van der Waals surface area contributed by atoms with Gasteiger partial charge < -0.3 is 5.73 Å². The molecule has 1 saturated heterocycles. The standard InChI is InChI=1S/C16H20N2O2S/c1-10-6-7-13(12(17)8-10)21-14-9-15(19)18(16(14)20)11-4-2-3-5-11/h6-8,11,14H,2-5,9,17H2,1H3. The maximum atomic E-state index is 12.5. The van der Waals surface area contributed by atoms with Crippen LogP contribution in [0.4, 0.5) is 5.69 Å². The number of thioether (sulfide) groups is 1. The van der Waals surface area contributed by atoms with E-state index < -0.39 is 0 Å². The molecule has 112 valence electrons. The molecule has 0 spiro atoms. The van der Waals surface area contributed by atoms with E-state index in [1.165, 1.54) is 16.7 Å². The van der Waals surface area contributed by atoms with Crippen LogP contribution in [0.5, 0.6) is 0 Å². The Balaban J connectivity index is 1.75. The number of likely N-dealkylation sites (tertiary alicyclic amines) is 1. The van der Waals surface area contributed by atoms with Crippen LogP contribution in [0.25, 0.3) is 0 Å². The highest BCUT2D eigenvalue weighted by atomic mass is 32.2. The molecule has 2 fully saturated rings. The quantitative estimate of drug-likeness (QED) is 0.689. The zero-order chi connectivity index (χ0) is 15.0. The Bertz CT molecular complexity index is 582. The molecule has 1 aliphatic carbocycles. The van der Waals surface area contributed by atoms with Crippen LogP contribution in [0.1, 0.15) is 37.7 Å². The fraction of sp³-hybridized carbons (Fsp3) is 0.500. The van der Waals surface area contributed by atoms with E-state index in [9.17, 15) is 9.59 Å². The van der Waals surface area contributed by atoms with E-state index in [0.29, 0.717) is 12.1 Å². The van der Waals surface area contributed by atoms with Crippen molar-refractivity contribution in [3.05, 3.63) is 23.8 Å². The third kappa shape index (κ3) is 2.79. The molecule has 0 aromatic heterocycles. The number of nitrogens with zero attached hydrogens (tertiary/aromatic N) is 1. The third-order valence-electron chi connectivity index (χ3n) is 4.27. The molecule has 1 aliphatic heterocycles. The molecule has 3 rings (SSSR count). The highest BCUT2D eigenvalue weighted by Gasteiger charge is 2.43. The molecule has 21 heavy (non-hydrogen) atoms. The second kappa shape index (κ2) is 5.72. The van der Waals surface area contributed by atoms with E-state index in [4.69, 9.17) is 5.73 Å². The maximum Gasteiger partial charge on any atom is 0.243 e. The van der Waals surface area contributed by atoms with Crippen molar-refractivity contribution >= 4 is 29.3 Å². The van der Waals surface area contributed by atoms with Gasteiger partial charge in [-0.15, -0.1) is 11.8 Å². The largest absolute Gasteiger partial charge is 0.398 e. The first kappa shape index (κ1) is 14.4. The SMILES string of the molecule is Cc1ccc(SC2CC(=O)N(C3CCCC3)C2=O)c(N)c1. The fourth-order valence-corrected chi connectivity index (χ4v) is 4.28. The Morgan fingerprint density at radius 3 is 2.62 bits per heavy atom. The molecule has 1 saturated carbocycles. The van der Waals surface area contributed by atoms with Gasteiger partial charge in [0.2, 0.25) is 11.8 Å². The van der Waals surface area contributed by atoms with E-state index in [1.54, 1.807) is 0 Å². The first-order chi connectivity index (χ1) is 10.1. The summed E-state index contributed by atoms with van der Waals surface area (Å²) in [6, 6.07) is 5.95. The van der Waals surface area contributed by atoms with Crippen LogP contribution in [-0.4, -0.2) is 28.0 Å². The van der Waals surface area contributed by atoms with E-state index in [2.05, 4.69) is 0 Å². The summed E-state index contributed by atoms with van der Waals surface area (Å²) < 4.78 is 0. The van der Waals surface area contributed by atoms with Crippen molar-refractivity contribution in [1.82, 2.24) is 4.90 Å². The molecule has 2 amide bonds. The van der Waals surface area contributed by atoms with Crippen molar-refractivity contribution in [2.45, 2.75) is 55.2 Å². The van der Waals surface area contributed by atoms with Crippen LogP contribution in [0, 0.1) is 6.92 Å². The predicted molar refractivity (Wildman–Crippen MR) is 84.0 cm³/mol. The summed E-state index contributed by atoms with van der Waals surface area (Å²) in [4.78, 5) is 27.1. The summed E-state index contributed by atoms with van der Waals surface area (Å²) in [6.07, 6.45) is 4.45. The Hall–Kier alpha value is -1.49. The van der Waals surface area contributed by atoms with Gasteiger partial charge >= 0.3 is 0 Å². The fourth-order valence-electron chi connectivity index (χ4n) is 3.19. The van der Waals surface area contributed by atoms with Gasteiger partial charge in [-0.05, 0) is 37.5 Å². The number of hydrogen-bond donors (Lipinski definition) is 1. The van der Waals surface area contributed by atoms with Crippen LogP contribution < -0.4 is 5.73 Å². The number of imide groups is 1. The monoisotopic (exact) mass is 304 g/mol. The van der Waals surface area contributed by atoms with Gasteiger partial charge in [0.25, 0.3) is 0 Å². The lowest BCUT2D eigenvalue weighted by molar-refractivity contribution is -0.140. The van der Waals surface area contributed by atoms with Gasteiger partial charge in [0.05, 0.1) is 5.25 Å². The zero-order valence-electron chi connectivity index (χ0n) is 12.2. The number of rotatable bonds is 3. The van der Waals surface area contributed by atoms with E-state index in [1.807, 2.05) is 25.1 Å². The molecule has 1 unspecified atom stereocenters. The second-order valence-corrected chi connectivity index (χ2v) is 7.14. The van der Waals surface area contributed by atoms with Gasteiger partial charge in [-0.3, -0.25) is 14.5 Å². The topological polar surface area (TPSA) is 63.4 Å². The van der Waals surface area contributed by atoms with Gasteiger partial charge in [-0.2, -0.15) is 0 Å². The Morgan fingerprint density at radius 2 is 1.95 bits per heavy atom. The molecular formula is C16H20N2O2S. The minimum Gasteiger partial charge on any atom is -0.398 e. The zero-order valence-corrected chi connectivity index (χ0v) is 13.0. The summed E-state index contributed by atoms with van der Waals surface area (Å²) in [7, 11) is 0. The molecular weight excluding hydrogens is 284 g/mol. The lowest BCUT2D eigenvalue weighted by Crippen LogP contribution is -2.39. The number of amides is 2. The molecule has 2 N–H and O–H groups in total. The molecule has 1 aromatic carbocycles. The van der Waals surface area contributed by atoms with Crippen molar-refractivity contribution < 1.29 is 9.59 Å². The molecule has 1 aromatic rings. The van der Waals surface area contributed by atoms with Crippen molar-refractivity contribution in [3.63, 3.8) is 0 Å². The number of aryl methyl sites for hydroxylation is 1. The normalized spacial score (nSPS) is 23.3. The Labute approximate surface area is 129 Å². The second-order valence-electron chi connectivity index (χ2n) is 5.89. The van der Waals surface area contributed by atoms with Gasteiger partial charge in [0, 0.05) is 23.0 Å². The minimum atomic E-state index is -0.317. The molecule has 5 heteroatoms. The van der Waals surface area contributed by atoms with Crippen LogP contribution in [0.2, 0.25) is 0 Å². The number of hydrogen-bond acceptors (Lipinski definition) is 4. The minimum absolute atomic E-state index is 0.0184. The number of carbonyl (C=O) groups excluding carboxylic acids is 2. The molecule has 2 aliphatic rings. The smallest absolute Gasteiger partial charge is 0.243 e.